The molecule has 0 atom stereocenters. The number of rotatable bonds is 8. The number of aryl methyl sites for hydroxylation is 1. The summed E-state index contributed by atoms with van der Waals surface area (Å²) in [4.78, 5) is 8.61. The van der Waals surface area contributed by atoms with E-state index < -0.39 is 0 Å². The Morgan fingerprint density at radius 2 is 2.17 bits per heavy atom. The molecule has 1 saturated carbocycles. The monoisotopic (exact) mass is 267 g/mol. The van der Waals surface area contributed by atoms with Crippen LogP contribution in [0.5, 0.6) is 0 Å². The number of aromatic nitrogens is 1. The van der Waals surface area contributed by atoms with Crippen molar-refractivity contribution in [2.45, 2.75) is 46.1 Å². The fourth-order valence-electron chi connectivity index (χ4n) is 2.11. The molecule has 1 N–H and O–H groups in total. The maximum absolute atomic E-state index is 4.84. The summed E-state index contributed by atoms with van der Waals surface area (Å²) >= 11 is 1.87. The quantitative estimate of drug-likeness (QED) is 0.784. The van der Waals surface area contributed by atoms with Gasteiger partial charge in [-0.2, -0.15) is 0 Å². The lowest BCUT2D eigenvalue weighted by molar-refractivity contribution is 0.722. The number of nitrogens with zero attached hydrogens (tertiary/aromatic N) is 2. The molecule has 1 aliphatic rings. The number of thiazole rings is 1. The van der Waals surface area contributed by atoms with E-state index in [1.165, 1.54) is 41.5 Å². The first-order chi connectivity index (χ1) is 8.74. The van der Waals surface area contributed by atoms with Gasteiger partial charge < -0.3 is 10.2 Å². The van der Waals surface area contributed by atoms with Crippen LogP contribution in [0, 0.1) is 5.92 Å². The van der Waals surface area contributed by atoms with Crippen LogP contribution in [-0.4, -0.2) is 25.1 Å². The van der Waals surface area contributed by atoms with Gasteiger partial charge in [-0.05, 0) is 31.7 Å². The van der Waals surface area contributed by atoms with Crippen molar-refractivity contribution >= 4 is 16.5 Å². The fourth-order valence-corrected chi connectivity index (χ4v) is 3.15. The van der Waals surface area contributed by atoms with E-state index in [9.17, 15) is 0 Å². The Labute approximate surface area is 115 Å². The van der Waals surface area contributed by atoms with E-state index in [0.29, 0.717) is 0 Å². The first-order valence-electron chi connectivity index (χ1n) is 7.15. The minimum atomic E-state index is 0.922. The van der Waals surface area contributed by atoms with Crippen molar-refractivity contribution < 1.29 is 0 Å². The van der Waals surface area contributed by atoms with Crippen molar-refractivity contribution in [1.82, 2.24) is 10.3 Å². The van der Waals surface area contributed by atoms with Gasteiger partial charge in [-0.15, -0.1) is 11.3 Å². The molecule has 0 saturated heterocycles. The van der Waals surface area contributed by atoms with Crippen LogP contribution in [0.2, 0.25) is 0 Å². The van der Waals surface area contributed by atoms with E-state index >= 15 is 0 Å². The molecule has 0 radical (unpaired) electrons. The van der Waals surface area contributed by atoms with E-state index in [0.717, 1.165) is 25.4 Å². The molecule has 4 heteroatoms. The minimum Gasteiger partial charge on any atom is -0.351 e. The van der Waals surface area contributed by atoms with Crippen LogP contribution in [0.15, 0.2) is 0 Å². The van der Waals surface area contributed by atoms with Gasteiger partial charge in [0.25, 0.3) is 0 Å². The van der Waals surface area contributed by atoms with Gasteiger partial charge in [0.2, 0.25) is 0 Å². The van der Waals surface area contributed by atoms with Crippen LogP contribution < -0.4 is 10.2 Å². The van der Waals surface area contributed by atoms with Crippen LogP contribution in [0.4, 0.5) is 5.13 Å². The molecule has 1 heterocycles. The van der Waals surface area contributed by atoms with E-state index in [2.05, 4.69) is 31.1 Å². The van der Waals surface area contributed by atoms with Gasteiger partial charge in [0.1, 0.15) is 0 Å². The second kappa shape index (κ2) is 6.53. The summed E-state index contributed by atoms with van der Waals surface area (Å²) in [5.41, 5.74) is 1.31. The summed E-state index contributed by atoms with van der Waals surface area (Å²) in [6.45, 7) is 7.56. The molecule has 1 aromatic rings. The first kappa shape index (κ1) is 13.8. The standard InChI is InChI=1S/C14H25N3S/c1-4-6-12-13(9-15-5-2)18-14(16-12)17(3)10-11-7-8-11/h11,15H,4-10H2,1-3H3. The first-order valence-corrected chi connectivity index (χ1v) is 7.96. The molecule has 2 rings (SSSR count). The summed E-state index contributed by atoms with van der Waals surface area (Å²) < 4.78 is 0. The third-order valence-electron chi connectivity index (χ3n) is 3.34. The number of nitrogens with one attached hydrogen (secondary N) is 1. The summed E-state index contributed by atoms with van der Waals surface area (Å²) in [5.74, 6) is 0.922. The molecule has 1 aliphatic carbocycles. The van der Waals surface area contributed by atoms with E-state index in [4.69, 9.17) is 4.98 Å². The maximum atomic E-state index is 4.84. The molecule has 102 valence electrons. The Kier molecular flexibility index (Phi) is 5.01. The predicted molar refractivity (Wildman–Crippen MR) is 79.5 cm³/mol. The second-order valence-electron chi connectivity index (χ2n) is 5.22. The van der Waals surface area contributed by atoms with Crippen LogP contribution >= 0.6 is 11.3 Å². The Balaban J connectivity index is 2.04. The maximum Gasteiger partial charge on any atom is 0.185 e. The molecule has 1 fully saturated rings. The highest BCUT2D eigenvalue weighted by Crippen LogP contribution is 2.33. The van der Waals surface area contributed by atoms with Crippen molar-refractivity contribution in [2.24, 2.45) is 5.92 Å². The van der Waals surface area contributed by atoms with Crippen molar-refractivity contribution in [1.29, 1.82) is 0 Å². The third-order valence-corrected chi connectivity index (χ3v) is 4.56. The zero-order valence-electron chi connectivity index (χ0n) is 11.8. The van der Waals surface area contributed by atoms with Crippen molar-refractivity contribution in [3.05, 3.63) is 10.6 Å². The van der Waals surface area contributed by atoms with E-state index in [1.807, 2.05) is 11.3 Å². The SMILES string of the molecule is CCCc1nc(N(C)CC2CC2)sc1CNCC. The second-order valence-corrected chi connectivity index (χ2v) is 6.28. The normalized spacial score (nSPS) is 15.1. The van der Waals surface area contributed by atoms with Gasteiger partial charge in [0.15, 0.2) is 5.13 Å². The zero-order chi connectivity index (χ0) is 13.0. The van der Waals surface area contributed by atoms with Gasteiger partial charge in [-0.3, -0.25) is 0 Å². The van der Waals surface area contributed by atoms with Crippen LogP contribution in [-0.2, 0) is 13.0 Å². The Hall–Kier alpha value is -0.610. The molecule has 0 amide bonds. The molecule has 0 spiro atoms. The molecule has 1 aromatic heterocycles. The zero-order valence-corrected chi connectivity index (χ0v) is 12.6. The highest BCUT2D eigenvalue weighted by Gasteiger charge is 2.24. The van der Waals surface area contributed by atoms with Crippen molar-refractivity contribution in [2.75, 3.05) is 25.0 Å². The summed E-state index contributed by atoms with van der Waals surface area (Å²) in [7, 11) is 2.18. The molecule has 3 nitrogen and oxygen atoms in total. The number of hydrogen-bond acceptors (Lipinski definition) is 4. The van der Waals surface area contributed by atoms with Crippen LogP contribution in [0.3, 0.4) is 0 Å². The Morgan fingerprint density at radius 1 is 1.39 bits per heavy atom. The minimum absolute atomic E-state index is 0.922. The lowest BCUT2D eigenvalue weighted by atomic mass is 10.2. The molecule has 0 aliphatic heterocycles. The summed E-state index contributed by atoms with van der Waals surface area (Å²) in [6, 6.07) is 0. The summed E-state index contributed by atoms with van der Waals surface area (Å²) in [5, 5.41) is 4.63. The van der Waals surface area contributed by atoms with E-state index in [-0.39, 0.29) is 0 Å². The molecule has 0 aromatic carbocycles. The van der Waals surface area contributed by atoms with Crippen LogP contribution in [0.25, 0.3) is 0 Å². The topological polar surface area (TPSA) is 28.2 Å². The predicted octanol–water partition coefficient (Wildman–Crippen LogP) is 3.05. The van der Waals surface area contributed by atoms with Gasteiger partial charge in [-0.1, -0.05) is 20.3 Å². The van der Waals surface area contributed by atoms with Crippen molar-refractivity contribution in [3.63, 3.8) is 0 Å². The fraction of sp³-hybridized carbons (Fsp3) is 0.786. The van der Waals surface area contributed by atoms with Crippen LogP contribution in [0.1, 0.15) is 43.7 Å². The molecule has 18 heavy (non-hydrogen) atoms. The Morgan fingerprint density at radius 3 is 2.78 bits per heavy atom. The highest BCUT2D eigenvalue weighted by molar-refractivity contribution is 7.15. The lowest BCUT2D eigenvalue weighted by Crippen LogP contribution is -2.19. The Bertz CT molecular complexity index is 371. The number of hydrogen-bond donors (Lipinski definition) is 1. The molecule has 0 unspecified atom stereocenters. The highest BCUT2D eigenvalue weighted by atomic mass is 32.1. The van der Waals surface area contributed by atoms with E-state index in [1.54, 1.807) is 0 Å². The largest absolute Gasteiger partial charge is 0.351 e. The average molecular weight is 267 g/mol. The molecular formula is C14H25N3S. The van der Waals surface area contributed by atoms with Gasteiger partial charge in [0, 0.05) is 25.0 Å². The van der Waals surface area contributed by atoms with Gasteiger partial charge >= 0.3 is 0 Å². The third kappa shape index (κ3) is 3.69. The number of anilines is 1. The summed E-state index contributed by atoms with van der Waals surface area (Å²) in [6.07, 6.45) is 5.09. The smallest absolute Gasteiger partial charge is 0.185 e. The average Bonchev–Trinajstić information content (AvgIpc) is 3.07. The molecule has 0 bridgehead atoms. The lowest BCUT2D eigenvalue weighted by Gasteiger charge is -2.14. The van der Waals surface area contributed by atoms with Gasteiger partial charge in [-0.25, -0.2) is 4.98 Å². The van der Waals surface area contributed by atoms with Crippen molar-refractivity contribution in [3.8, 4) is 0 Å². The molecular weight excluding hydrogens is 242 g/mol. The van der Waals surface area contributed by atoms with Gasteiger partial charge in [0.05, 0.1) is 5.69 Å².